The normalized spacial score (nSPS) is 10.8. The highest BCUT2D eigenvalue weighted by Gasteiger charge is 2.04. The van der Waals surface area contributed by atoms with E-state index in [0.717, 1.165) is 10.4 Å². The van der Waals surface area contributed by atoms with Crippen LogP contribution in [0, 0.1) is 6.92 Å². The van der Waals surface area contributed by atoms with Gasteiger partial charge < -0.3 is 5.73 Å². The van der Waals surface area contributed by atoms with Gasteiger partial charge in [-0.05, 0) is 35.4 Å². The van der Waals surface area contributed by atoms with Gasteiger partial charge >= 0.3 is 0 Å². The summed E-state index contributed by atoms with van der Waals surface area (Å²) in [5.41, 5.74) is 7.81. The van der Waals surface area contributed by atoms with Crippen molar-refractivity contribution in [2.75, 3.05) is 5.73 Å². The maximum Gasteiger partial charge on any atom is 0.0576 e. The van der Waals surface area contributed by atoms with Crippen LogP contribution < -0.4 is 5.73 Å². The third-order valence-corrected chi connectivity index (χ3v) is 3.24. The van der Waals surface area contributed by atoms with E-state index in [1.165, 1.54) is 10.9 Å². The lowest BCUT2D eigenvalue weighted by Crippen LogP contribution is -1.83. The minimum atomic E-state index is 0.710. The predicted octanol–water partition coefficient (Wildman–Crippen LogP) is 3.45. The summed E-state index contributed by atoms with van der Waals surface area (Å²) in [6.45, 7) is 2.06. The second kappa shape index (κ2) is 2.64. The number of hydrogen-bond acceptors (Lipinski definition) is 2. The van der Waals surface area contributed by atoms with Crippen molar-refractivity contribution in [2.24, 2.45) is 0 Å². The Bertz CT molecular complexity index is 433. The first-order valence-electron chi connectivity index (χ1n) is 3.61. The van der Waals surface area contributed by atoms with Gasteiger partial charge in [0.15, 0.2) is 0 Å². The fraction of sp³-hybridized carbons (Fsp3) is 0.111. The molecule has 1 aromatic carbocycles. The molecule has 0 aliphatic rings. The minimum Gasteiger partial charge on any atom is -0.398 e. The van der Waals surface area contributed by atoms with Gasteiger partial charge in [0.25, 0.3) is 0 Å². The van der Waals surface area contributed by atoms with E-state index < -0.39 is 0 Å². The quantitative estimate of drug-likeness (QED) is 0.644. The molecule has 0 unspecified atom stereocenters. The first-order chi connectivity index (χ1) is 5.68. The molecule has 2 rings (SSSR count). The zero-order valence-electron chi connectivity index (χ0n) is 6.60. The van der Waals surface area contributed by atoms with Crippen molar-refractivity contribution >= 4 is 38.7 Å². The van der Waals surface area contributed by atoms with E-state index in [9.17, 15) is 0 Å². The van der Waals surface area contributed by atoms with Gasteiger partial charge in [-0.15, -0.1) is 11.3 Å². The monoisotopic (exact) mass is 197 g/mol. The smallest absolute Gasteiger partial charge is 0.0576 e. The van der Waals surface area contributed by atoms with Crippen molar-refractivity contribution in [3.8, 4) is 0 Å². The number of benzene rings is 1. The molecular weight excluding hydrogens is 190 g/mol. The number of fused-ring (bicyclic) bond motifs is 1. The fourth-order valence-corrected chi connectivity index (χ4v) is 2.44. The van der Waals surface area contributed by atoms with Gasteiger partial charge in [0.1, 0.15) is 0 Å². The van der Waals surface area contributed by atoms with Crippen LogP contribution in [0.15, 0.2) is 17.5 Å². The third-order valence-electron chi connectivity index (χ3n) is 1.86. The SMILES string of the molecule is Cc1csc2c(N)cc(Cl)cc12. The van der Waals surface area contributed by atoms with E-state index in [0.29, 0.717) is 5.02 Å². The van der Waals surface area contributed by atoms with E-state index in [4.69, 9.17) is 17.3 Å². The molecule has 3 heteroatoms. The molecule has 0 saturated heterocycles. The number of rotatable bonds is 0. The summed E-state index contributed by atoms with van der Waals surface area (Å²) in [7, 11) is 0. The summed E-state index contributed by atoms with van der Waals surface area (Å²) in [5.74, 6) is 0. The molecule has 1 heterocycles. The fourth-order valence-electron chi connectivity index (χ4n) is 1.25. The molecule has 12 heavy (non-hydrogen) atoms. The van der Waals surface area contributed by atoms with Crippen LogP contribution in [0.3, 0.4) is 0 Å². The number of nitrogen functional groups attached to an aromatic ring is 1. The van der Waals surface area contributed by atoms with Crippen LogP contribution in [0.5, 0.6) is 0 Å². The average Bonchev–Trinajstić information content (AvgIpc) is 2.33. The highest BCUT2D eigenvalue weighted by molar-refractivity contribution is 7.18. The Morgan fingerprint density at radius 1 is 1.42 bits per heavy atom. The van der Waals surface area contributed by atoms with Gasteiger partial charge in [0.05, 0.1) is 10.4 Å². The lowest BCUT2D eigenvalue weighted by atomic mass is 10.2. The Morgan fingerprint density at radius 3 is 2.92 bits per heavy atom. The molecule has 0 bridgehead atoms. The van der Waals surface area contributed by atoms with Crippen LogP contribution in [0.4, 0.5) is 5.69 Å². The first-order valence-corrected chi connectivity index (χ1v) is 4.87. The van der Waals surface area contributed by atoms with Crippen molar-refractivity contribution in [1.29, 1.82) is 0 Å². The molecule has 1 aromatic heterocycles. The number of thiophene rings is 1. The molecule has 2 aromatic rings. The molecule has 2 N–H and O–H groups in total. The van der Waals surface area contributed by atoms with E-state index in [-0.39, 0.29) is 0 Å². The van der Waals surface area contributed by atoms with Gasteiger partial charge in [-0.1, -0.05) is 11.6 Å². The topological polar surface area (TPSA) is 26.0 Å². The highest BCUT2D eigenvalue weighted by Crippen LogP contribution is 2.32. The highest BCUT2D eigenvalue weighted by atomic mass is 35.5. The Kier molecular flexibility index (Phi) is 1.74. The number of nitrogens with two attached hydrogens (primary N) is 1. The summed E-state index contributed by atoms with van der Waals surface area (Å²) >= 11 is 7.54. The summed E-state index contributed by atoms with van der Waals surface area (Å²) < 4.78 is 1.14. The molecule has 0 saturated carbocycles. The van der Waals surface area contributed by atoms with Gasteiger partial charge in [-0.25, -0.2) is 0 Å². The van der Waals surface area contributed by atoms with Crippen molar-refractivity contribution in [1.82, 2.24) is 0 Å². The molecule has 0 amide bonds. The lowest BCUT2D eigenvalue weighted by Gasteiger charge is -1.97. The van der Waals surface area contributed by atoms with Crippen molar-refractivity contribution < 1.29 is 0 Å². The molecule has 0 spiro atoms. The summed E-state index contributed by atoms with van der Waals surface area (Å²) in [6, 6.07) is 3.75. The van der Waals surface area contributed by atoms with E-state index in [1.807, 2.05) is 6.07 Å². The van der Waals surface area contributed by atoms with Crippen LogP contribution in [-0.2, 0) is 0 Å². The summed E-state index contributed by atoms with van der Waals surface area (Å²) in [5, 5.41) is 3.98. The first kappa shape index (κ1) is 7.90. The maximum absolute atomic E-state index is 5.88. The molecule has 0 aliphatic carbocycles. The lowest BCUT2D eigenvalue weighted by molar-refractivity contribution is 1.60. The molecule has 1 nitrogen and oxygen atoms in total. The molecule has 0 radical (unpaired) electrons. The Hall–Kier alpha value is -0.730. The summed E-state index contributed by atoms with van der Waals surface area (Å²) in [4.78, 5) is 0. The van der Waals surface area contributed by atoms with E-state index in [2.05, 4.69) is 12.3 Å². The summed E-state index contributed by atoms with van der Waals surface area (Å²) in [6.07, 6.45) is 0. The van der Waals surface area contributed by atoms with Crippen molar-refractivity contribution in [2.45, 2.75) is 6.92 Å². The van der Waals surface area contributed by atoms with Crippen LogP contribution in [-0.4, -0.2) is 0 Å². The number of hydrogen-bond donors (Lipinski definition) is 1. The minimum absolute atomic E-state index is 0.710. The number of aryl methyl sites for hydroxylation is 1. The zero-order valence-corrected chi connectivity index (χ0v) is 8.17. The largest absolute Gasteiger partial charge is 0.398 e. The van der Waals surface area contributed by atoms with Crippen LogP contribution >= 0.6 is 22.9 Å². The molecule has 0 aliphatic heterocycles. The Labute approximate surface area is 79.8 Å². The molecule has 0 atom stereocenters. The zero-order chi connectivity index (χ0) is 8.72. The molecule has 0 fully saturated rings. The predicted molar refractivity (Wildman–Crippen MR) is 56.0 cm³/mol. The average molecular weight is 198 g/mol. The van der Waals surface area contributed by atoms with Crippen molar-refractivity contribution in [3.05, 3.63) is 28.1 Å². The second-order valence-corrected chi connectivity index (χ2v) is 4.11. The van der Waals surface area contributed by atoms with Crippen LogP contribution in [0.25, 0.3) is 10.1 Å². The third kappa shape index (κ3) is 1.08. The van der Waals surface area contributed by atoms with E-state index in [1.54, 1.807) is 17.4 Å². The second-order valence-electron chi connectivity index (χ2n) is 2.79. The van der Waals surface area contributed by atoms with Gasteiger partial charge in [0, 0.05) is 5.02 Å². The number of halogens is 1. The Balaban J connectivity index is 2.92. The van der Waals surface area contributed by atoms with Gasteiger partial charge in [0.2, 0.25) is 0 Å². The van der Waals surface area contributed by atoms with Crippen LogP contribution in [0.1, 0.15) is 5.56 Å². The van der Waals surface area contributed by atoms with Gasteiger partial charge in [-0.3, -0.25) is 0 Å². The van der Waals surface area contributed by atoms with Crippen molar-refractivity contribution in [3.63, 3.8) is 0 Å². The van der Waals surface area contributed by atoms with Crippen LogP contribution in [0.2, 0.25) is 5.02 Å². The van der Waals surface area contributed by atoms with Gasteiger partial charge in [-0.2, -0.15) is 0 Å². The Morgan fingerprint density at radius 2 is 2.17 bits per heavy atom. The standard InChI is InChI=1S/C9H8ClNS/c1-5-4-12-9-7(5)2-6(10)3-8(9)11/h2-4H,11H2,1H3. The van der Waals surface area contributed by atoms with E-state index >= 15 is 0 Å². The maximum atomic E-state index is 5.88. The molecule has 62 valence electrons. The number of anilines is 1. The molecular formula is C9H8ClNS.